The van der Waals surface area contributed by atoms with E-state index in [2.05, 4.69) is 37.9 Å². The molecule has 4 heteroatoms. The zero-order valence-electron chi connectivity index (χ0n) is 12.1. The van der Waals surface area contributed by atoms with Crippen LogP contribution in [0.2, 0.25) is 0 Å². The van der Waals surface area contributed by atoms with Gasteiger partial charge >= 0.3 is 0 Å². The lowest BCUT2D eigenvalue weighted by atomic mass is 9.95. The maximum atomic E-state index is 5.83. The summed E-state index contributed by atoms with van der Waals surface area (Å²) in [5.74, 6) is 2.85. The minimum atomic E-state index is 0.331. The minimum absolute atomic E-state index is 0.331. The van der Waals surface area contributed by atoms with Gasteiger partial charge in [-0.25, -0.2) is 0 Å². The lowest BCUT2D eigenvalue weighted by Crippen LogP contribution is -2.32. The Labute approximate surface area is 115 Å². The zero-order valence-corrected chi connectivity index (χ0v) is 12.1. The van der Waals surface area contributed by atoms with Crippen LogP contribution in [-0.2, 0) is 6.54 Å². The van der Waals surface area contributed by atoms with Crippen LogP contribution < -0.4 is 15.2 Å². The average Bonchev–Trinajstić information content (AvgIpc) is 2.82. The number of benzene rings is 1. The van der Waals surface area contributed by atoms with Crippen molar-refractivity contribution in [2.75, 3.05) is 26.9 Å². The Bertz CT molecular complexity index is 421. The fourth-order valence-corrected chi connectivity index (χ4v) is 2.37. The maximum Gasteiger partial charge on any atom is 0.231 e. The van der Waals surface area contributed by atoms with Crippen molar-refractivity contribution in [3.05, 3.63) is 23.8 Å². The molecular formula is C15H24N2O2. The van der Waals surface area contributed by atoms with Gasteiger partial charge < -0.3 is 20.1 Å². The highest BCUT2D eigenvalue weighted by atomic mass is 16.7. The van der Waals surface area contributed by atoms with Crippen molar-refractivity contribution >= 4 is 0 Å². The predicted molar refractivity (Wildman–Crippen MR) is 76.3 cm³/mol. The predicted octanol–water partition coefficient (Wildman–Crippen LogP) is 2.08. The van der Waals surface area contributed by atoms with Gasteiger partial charge in [-0.3, -0.25) is 0 Å². The second kappa shape index (κ2) is 6.26. The van der Waals surface area contributed by atoms with Crippen LogP contribution >= 0.6 is 0 Å². The Kier molecular flexibility index (Phi) is 4.66. The Morgan fingerprint density at radius 3 is 2.68 bits per heavy atom. The third-order valence-corrected chi connectivity index (χ3v) is 3.68. The number of ether oxygens (including phenoxy) is 2. The number of hydrogen-bond donors (Lipinski definition) is 1. The number of nitrogens with two attached hydrogens (primary N) is 1. The van der Waals surface area contributed by atoms with E-state index in [9.17, 15) is 0 Å². The van der Waals surface area contributed by atoms with Crippen LogP contribution in [0.25, 0.3) is 0 Å². The lowest BCUT2D eigenvalue weighted by Gasteiger charge is -2.25. The molecule has 0 aromatic heterocycles. The molecule has 0 saturated heterocycles. The summed E-state index contributed by atoms with van der Waals surface area (Å²) in [6.45, 7) is 7.45. The second-order valence-corrected chi connectivity index (χ2v) is 5.62. The molecule has 1 aliphatic rings. The summed E-state index contributed by atoms with van der Waals surface area (Å²) >= 11 is 0. The van der Waals surface area contributed by atoms with Gasteiger partial charge in [-0.05, 0) is 43.1 Å². The van der Waals surface area contributed by atoms with Crippen LogP contribution in [0.3, 0.4) is 0 Å². The van der Waals surface area contributed by atoms with Crippen LogP contribution in [0.4, 0.5) is 0 Å². The highest BCUT2D eigenvalue weighted by Gasteiger charge is 2.16. The SMILES string of the molecule is CC(C)C(CN)CN(C)Cc1ccc2c(c1)OCO2. The van der Waals surface area contributed by atoms with Crippen LogP contribution in [0.15, 0.2) is 18.2 Å². The van der Waals surface area contributed by atoms with Crippen molar-refractivity contribution < 1.29 is 9.47 Å². The molecule has 0 amide bonds. The molecule has 1 unspecified atom stereocenters. The van der Waals surface area contributed by atoms with Gasteiger partial charge in [0.2, 0.25) is 6.79 Å². The zero-order chi connectivity index (χ0) is 13.8. The third kappa shape index (κ3) is 3.61. The van der Waals surface area contributed by atoms with Gasteiger partial charge in [-0.2, -0.15) is 0 Å². The van der Waals surface area contributed by atoms with Gasteiger partial charge in [0, 0.05) is 13.1 Å². The van der Waals surface area contributed by atoms with Gasteiger partial charge in [-0.1, -0.05) is 19.9 Å². The molecule has 0 aliphatic carbocycles. The summed E-state index contributed by atoms with van der Waals surface area (Å²) in [6, 6.07) is 6.14. The van der Waals surface area contributed by atoms with Gasteiger partial charge in [0.1, 0.15) is 0 Å². The fraction of sp³-hybridized carbons (Fsp3) is 0.600. The monoisotopic (exact) mass is 264 g/mol. The molecule has 1 aliphatic heterocycles. The minimum Gasteiger partial charge on any atom is -0.454 e. The van der Waals surface area contributed by atoms with Crippen molar-refractivity contribution in [3.63, 3.8) is 0 Å². The Morgan fingerprint density at radius 2 is 2.00 bits per heavy atom. The molecule has 1 aromatic carbocycles. The van der Waals surface area contributed by atoms with Crippen LogP contribution in [0.1, 0.15) is 19.4 Å². The first-order chi connectivity index (χ1) is 9.10. The summed E-state index contributed by atoms with van der Waals surface area (Å²) in [7, 11) is 2.13. The van der Waals surface area contributed by atoms with E-state index >= 15 is 0 Å². The number of rotatable bonds is 6. The molecule has 0 fully saturated rings. The van der Waals surface area contributed by atoms with Gasteiger partial charge in [-0.15, -0.1) is 0 Å². The van der Waals surface area contributed by atoms with Crippen molar-refractivity contribution in [1.29, 1.82) is 0 Å². The molecule has 0 bridgehead atoms. The summed E-state index contributed by atoms with van der Waals surface area (Å²) < 4.78 is 10.7. The molecule has 0 saturated carbocycles. The molecule has 0 radical (unpaired) electrons. The van der Waals surface area contributed by atoms with E-state index in [4.69, 9.17) is 15.2 Å². The second-order valence-electron chi connectivity index (χ2n) is 5.62. The lowest BCUT2D eigenvalue weighted by molar-refractivity contribution is 0.174. The molecular weight excluding hydrogens is 240 g/mol. The van der Waals surface area contributed by atoms with Crippen molar-refractivity contribution in [2.45, 2.75) is 20.4 Å². The van der Waals surface area contributed by atoms with Crippen LogP contribution in [-0.4, -0.2) is 31.8 Å². The molecule has 1 heterocycles. The molecule has 0 spiro atoms. The van der Waals surface area contributed by atoms with E-state index in [0.717, 1.165) is 31.1 Å². The fourth-order valence-electron chi connectivity index (χ4n) is 2.37. The molecule has 1 aromatic rings. The van der Waals surface area contributed by atoms with Crippen molar-refractivity contribution in [2.24, 2.45) is 17.6 Å². The summed E-state index contributed by atoms with van der Waals surface area (Å²) in [5.41, 5.74) is 7.07. The van der Waals surface area contributed by atoms with E-state index < -0.39 is 0 Å². The average molecular weight is 264 g/mol. The normalized spacial score (nSPS) is 15.3. The largest absolute Gasteiger partial charge is 0.454 e. The van der Waals surface area contributed by atoms with E-state index in [-0.39, 0.29) is 0 Å². The van der Waals surface area contributed by atoms with E-state index in [1.54, 1.807) is 0 Å². The highest BCUT2D eigenvalue weighted by molar-refractivity contribution is 5.44. The Morgan fingerprint density at radius 1 is 1.26 bits per heavy atom. The first-order valence-corrected chi connectivity index (χ1v) is 6.87. The summed E-state index contributed by atoms with van der Waals surface area (Å²) in [5, 5.41) is 0. The highest BCUT2D eigenvalue weighted by Crippen LogP contribution is 2.32. The molecule has 4 nitrogen and oxygen atoms in total. The number of hydrogen-bond acceptors (Lipinski definition) is 4. The molecule has 106 valence electrons. The Hall–Kier alpha value is -1.26. The van der Waals surface area contributed by atoms with Crippen LogP contribution in [0, 0.1) is 11.8 Å². The van der Waals surface area contributed by atoms with Gasteiger partial charge in [0.15, 0.2) is 11.5 Å². The van der Waals surface area contributed by atoms with Gasteiger partial charge in [0.25, 0.3) is 0 Å². The molecule has 1 atom stereocenters. The van der Waals surface area contributed by atoms with Crippen LogP contribution in [0.5, 0.6) is 11.5 Å². The number of fused-ring (bicyclic) bond motifs is 1. The quantitative estimate of drug-likeness (QED) is 0.854. The van der Waals surface area contributed by atoms with Crippen molar-refractivity contribution in [1.82, 2.24) is 4.90 Å². The number of nitrogens with zero attached hydrogens (tertiary/aromatic N) is 1. The third-order valence-electron chi connectivity index (χ3n) is 3.68. The Balaban J connectivity index is 1.93. The first-order valence-electron chi connectivity index (χ1n) is 6.87. The summed E-state index contributed by atoms with van der Waals surface area (Å²) in [6.07, 6.45) is 0. The van der Waals surface area contributed by atoms with E-state index in [0.29, 0.717) is 18.6 Å². The standard InChI is InChI=1S/C15H24N2O2/c1-11(2)13(7-16)9-17(3)8-12-4-5-14-15(6-12)19-10-18-14/h4-6,11,13H,7-10,16H2,1-3H3. The smallest absolute Gasteiger partial charge is 0.231 e. The molecule has 2 N–H and O–H groups in total. The van der Waals surface area contributed by atoms with E-state index in [1.807, 2.05) is 6.07 Å². The van der Waals surface area contributed by atoms with Crippen molar-refractivity contribution in [3.8, 4) is 11.5 Å². The molecule has 2 rings (SSSR count). The van der Waals surface area contributed by atoms with E-state index in [1.165, 1.54) is 5.56 Å². The molecule has 19 heavy (non-hydrogen) atoms. The summed E-state index contributed by atoms with van der Waals surface area (Å²) in [4.78, 5) is 2.31. The van der Waals surface area contributed by atoms with Gasteiger partial charge in [0.05, 0.1) is 0 Å². The maximum absolute atomic E-state index is 5.83. The first kappa shape index (κ1) is 14.2. The topological polar surface area (TPSA) is 47.7 Å².